The average molecular weight is 262 g/mol. The molecule has 0 radical (unpaired) electrons. The fourth-order valence-electron chi connectivity index (χ4n) is 2.47. The monoisotopic (exact) mass is 262 g/mol. The highest BCUT2D eigenvalue weighted by Gasteiger charge is 2.34. The van der Waals surface area contributed by atoms with Gasteiger partial charge in [-0.05, 0) is 25.0 Å². The van der Waals surface area contributed by atoms with Gasteiger partial charge in [-0.2, -0.15) is 4.98 Å². The minimum Gasteiger partial charge on any atom is -0.468 e. The van der Waals surface area contributed by atoms with E-state index in [4.69, 9.17) is 9.84 Å². The Morgan fingerprint density at radius 3 is 3.05 bits per heavy atom. The average Bonchev–Trinajstić information content (AvgIpc) is 2.71. The van der Waals surface area contributed by atoms with Gasteiger partial charge in [0.2, 0.25) is 0 Å². The van der Waals surface area contributed by atoms with Crippen molar-refractivity contribution in [2.75, 3.05) is 7.11 Å². The number of fused-ring (bicyclic) bond motifs is 1. The smallest absolute Gasteiger partial charge is 0.404 e. The number of imidazole rings is 1. The van der Waals surface area contributed by atoms with Crippen molar-refractivity contribution >= 4 is 17.3 Å². The van der Waals surface area contributed by atoms with Crippen molar-refractivity contribution in [3.63, 3.8) is 0 Å². The summed E-state index contributed by atoms with van der Waals surface area (Å²) in [6.07, 6.45) is 2.19. The van der Waals surface area contributed by atoms with E-state index in [9.17, 15) is 4.79 Å². The number of carbonyl (C=O) groups is 1. The van der Waals surface area contributed by atoms with Gasteiger partial charge < -0.3 is 15.2 Å². The second-order valence-electron chi connectivity index (χ2n) is 4.59. The predicted octanol–water partition coefficient (Wildman–Crippen LogP) is 1.41. The zero-order valence-electron chi connectivity index (χ0n) is 10.4. The molecular formula is C12H14N4O3. The standard InChI is InChI=1S/C12H14N4O3/c1-19-11-15-9-3-2-4-13-10(9)16(11)8-5-7(6-8)14-12(17)18/h2-4,7-8,14H,5-6H2,1H3,(H,17,18). The van der Waals surface area contributed by atoms with Gasteiger partial charge in [0, 0.05) is 18.3 Å². The summed E-state index contributed by atoms with van der Waals surface area (Å²) in [7, 11) is 1.57. The van der Waals surface area contributed by atoms with Gasteiger partial charge in [-0.1, -0.05) is 0 Å². The zero-order chi connectivity index (χ0) is 13.4. The molecule has 0 saturated heterocycles. The number of hydrogen-bond acceptors (Lipinski definition) is 4. The third-order valence-electron chi connectivity index (χ3n) is 3.40. The van der Waals surface area contributed by atoms with Gasteiger partial charge in [0.15, 0.2) is 5.65 Å². The topological polar surface area (TPSA) is 89.3 Å². The summed E-state index contributed by atoms with van der Waals surface area (Å²) in [4.78, 5) is 19.2. The van der Waals surface area contributed by atoms with Crippen LogP contribution in [-0.4, -0.2) is 38.9 Å². The first-order chi connectivity index (χ1) is 9.19. The highest BCUT2D eigenvalue weighted by atomic mass is 16.5. The Balaban J connectivity index is 1.87. The molecule has 7 nitrogen and oxygen atoms in total. The van der Waals surface area contributed by atoms with Crippen molar-refractivity contribution in [1.29, 1.82) is 0 Å². The van der Waals surface area contributed by atoms with E-state index < -0.39 is 6.09 Å². The number of pyridine rings is 1. The molecule has 0 aliphatic heterocycles. The van der Waals surface area contributed by atoms with E-state index >= 15 is 0 Å². The molecule has 1 amide bonds. The second kappa shape index (κ2) is 4.42. The van der Waals surface area contributed by atoms with Crippen LogP contribution in [0, 0.1) is 0 Å². The number of ether oxygens (including phenoxy) is 1. The van der Waals surface area contributed by atoms with Crippen molar-refractivity contribution in [1.82, 2.24) is 19.9 Å². The van der Waals surface area contributed by atoms with Crippen LogP contribution in [-0.2, 0) is 0 Å². The van der Waals surface area contributed by atoms with E-state index in [2.05, 4.69) is 15.3 Å². The van der Waals surface area contributed by atoms with Gasteiger partial charge in [0.25, 0.3) is 6.01 Å². The third-order valence-corrected chi connectivity index (χ3v) is 3.40. The van der Waals surface area contributed by atoms with Crippen LogP contribution in [0.15, 0.2) is 18.3 Å². The first-order valence-corrected chi connectivity index (χ1v) is 6.05. The van der Waals surface area contributed by atoms with Crippen molar-refractivity contribution in [2.24, 2.45) is 0 Å². The number of nitrogens with zero attached hydrogens (tertiary/aromatic N) is 3. The molecule has 2 heterocycles. The summed E-state index contributed by atoms with van der Waals surface area (Å²) in [5, 5.41) is 11.1. The number of amides is 1. The molecule has 1 aliphatic carbocycles. The van der Waals surface area contributed by atoms with Crippen LogP contribution in [0.5, 0.6) is 6.01 Å². The maximum absolute atomic E-state index is 10.6. The summed E-state index contributed by atoms with van der Waals surface area (Å²) >= 11 is 0. The largest absolute Gasteiger partial charge is 0.468 e. The molecule has 1 aliphatic rings. The molecule has 0 bridgehead atoms. The Morgan fingerprint density at radius 2 is 2.37 bits per heavy atom. The molecule has 2 aromatic rings. The second-order valence-corrected chi connectivity index (χ2v) is 4.59. The van der Waals surface area contributed by atoms with Gasteiger partial charge >= 0.3 is 6.09 Å². The normalized spacial score (nSPS) is 21.9. The molecule has 7 heteroatoms. The van der Waals surface area contributed by atoms with Gasteiger partial charge in [0.1, 0.15) is 5.52 Å². The van der Waals surface area contributed by atoms with Gasteiger partial charge in [-0.15, -0.1) is 0 Å². The van der Waals surface area contributed by atoms with E-state index in [1.807, 2.05) is 16.7 Å². The Bertz CT molecular complexity index is 618. The van der Waals surface area contributed by atoms with Crippen LogP contribution in [0.25, 0.3) is 11.2 Å². The van der Waals surface area contributed by atoms with Crippen LogP contribution in [0.1, 0.15) is 18.9 Å². The maximum Gasteiger partial charge on any atom is 0.404 e. The fourth-order valence-corrected chi connectivity index (χ4v) is 2.47. The summed E-state index contributed by atoms with van der Waals surface area (Å²) in [6, 6.07) is 4.40. The molecule has 2 N–H and O–H groups in total. The predicted molar refractivity (Wildman–Crippen MR) is 67.3 cm³/mol. The van der Waals surface area contributed by atoms with Crippen molar-refractivity contribution in [3.8, 4) is 6.01 Å². The molecule has 2 aromatic heterocycles. The molecule has 19 heavy (non-hydrogen) atoms. The highest BCUT2D eigenvalue weighted by Crippen LogP contribution is 2.37. The number of aromatic nitrogens is 3. The SMILES string of the molecule is COc1nc2cccnc2n1C1CC(NC(=O)O)C1. The summed E-state index contributed by atoms with van der Waals surface area (Å²) in [6.45, 7) is 0. The molecular weight excluding hydrogens is 248 g/mol. The molecule has 0 unspecified atom stereocenters. The first-order valence-electron chi connectivity index (χ1n) is 6.05. The van der Waals surface area contributed by atoms with Gasteiger partial charge in [-0.25, -0.2) is 9.78 Å². The lowest BCUT2D eigenvalue weighted by Gasteiger charge is -2.36. The van der Waals surface area contributed by atoms with Crippen molar-refractivity contribution < 1.29 is 14.6 Å². The zero-order valence-corrected chi connectivity index (χ0v) is 10.4. The molecule has 0 aromatic carbocycles. The Hall–Kier alpha value is -2.31. The summed E-state index contributed by atoms with van der Waals surface area (Å²) in [5.74, 6) is 0. The number of nitrogens with one attached hydrogen (secondary N) is 1. The molecule has 100 valence electrons. The minimum absolute atomic E-state index is 0.00614. The Labute approximate surface area is 109 Å². The van der Waals surface area contributed by atoms with Gasteiger partial charge in [-0.3, -0.25) is 4.57 Å². The number of carboxylic acid groups (broad SMARTS) is 1. The van der Waals surface area contributed by atoms with E-state index in [-0.39, 0.29) is 12.1 Å². The number of rotatable bonds is 3. The maximum atomic E-state index is 10.6. The lowest BCUT2D eigenvalue weighted by atomic mass is 9.86. The first kappa shape index (κ1) is 11.8. The van der Waals surface area contributed by atoms with Crippen molar-refractivity contribution in [2.45, 2.75) is 24.9 Å². The van der Waals surface area contributed by atoms with Crippen LogP contribution in [0.3, 0.4) is 0 Å². The minimum atomic E-state index is -0.982. The number of methoxy groups -OCH3 is 1. The van der Waals surface area contributed by atoms with Gasteiger partial charge in [0.05, 0.1) is 7.11 Å². The van der Waals surface area contributed by atoms with Crippen LogP contribution in [0.4, 0.5) is 4.79 Å². The molecule has 0 spiro atoms. The quantitative estimate of drug-likeness (QED) is 0.873. The molecule has 1 saturated carbocycles. The van der Waals surface area contributed by atoms with Crippen LogP contribution >= 0.6 is 0 Å². The van der Waals surface area contributed by atoms with E-state index in [1.165, 1.54) is 0 Å². The van der Waals surface area contributed by atoms with E-state index in [0.29, 0.717) is 6.01 Å². The van der Waals surface area contributed by atoms with Crippen molar-refractivity contribution in [3.05, 3.63) is 18.3 Å². The lowest BCUT2D eigenvalue weighted by molar-refractivity contribution is 0.165. The highest BCUT2D eigenvalue weighted by molar-refractivity contribution is 5.72. The van der Waals surface area contributed by atoms with Crippen LogP contribution < -0.4 is 10.1 Å². The Kier molecular flexibility index (Phi) is 2.73. The third kappa shape index (κ3) is 1.96. The van der Waals surface area contributed by atoms with Crippen LogP contribution in [0.2, 0.25) is 0 Å². The summed E-state index contributed by atoms with van der Waals surface area (Å²) in [5.41, 5.74) is 1.56. The van der Waals surface area contributed by atoms with E-state index in [0.717, 1.165) is 24.0 Å². The van der Waals surface area contributed by atoms with E-state index in [1.54, 1.807) is 13.3 Å². The molecule has 1 fully saturated rings. The Morgan fingerprint density at radius 1 is 1.58 bits per heavy atom. The number of hydrogen-bond donors (Lipinski definition) is 2. The summed E-state index contributed by atoms with van der Waals surface area (Å²) < 4.78 is 7.22. The lowest BCUT2D eigenvalue weighted by Crippen LogP contribution is -2.44. The molecule has 3 rings (SSSR count). The fraction of sp³-hybridized carbons (Fsp3) is 0.417. The molecule has 0 atom stereocenters.